The van der Waals surface area contributed by atoms with Crippen LogP contribution in [0.15, 0.2) is 18.2 Å². The molecule has 21 heavy (non-hydrogen) atoms. The van der Waals surface area contributed by atoms with Crippen molar-refractivity contribution in [3.63, 3.8) is 0 Å². The van der Waals surface area contributed by atoms with E-state index in [1.807, 2.05) is 0 Å². The first-order chi connectivity index (χ1) is 10.1. The molecule has 4 nitrogen and oxygen atoms in total. The lowest BCUT2D eigenvalue weighted by atomic mass is 10.0. The van der Waals surface area contributed by atoms with Crippen LogP contribution in [0.4, 0.5) is 0 Å². The summed E-state index contributed by atoms with van der Waals surface area (Å²) in [6, 6.07) is 4.94. The molecular weight excluding hydrogens is 313 g/mol. The minimum Gasteiger partial charge on any atom is -0.350 e. The molecule has 1 aromatic carbocycles. The van der Waals surface area contributed by atoms with Gasteiger partial charge in [0.05, 0.1) is 23.8 Å². The summed E-state index contributed by atoms with van der Waals surface area (Å²) < 4.78 is 11.6. The Balaban J connectivity index is 1.67. The Hall–Kier alpha value is -0.810. The Bertz CT molecular complexity index is 534. The molecule has 0 bridgehead atoms. The van der Waals surface area contributed by atoms with Crippen molar-refractivity contribution in [1.29, 1.82) is 0 Å². The molecular formula is C15H17Cl2NO3. The van der Waals surface area contributed by atoms with E-state index in [9.17, 15) is 4.79 Å². The third-order valence-electron chi connectivity index (χ3n) is 3.99. The fourth-order valence-electron chi connectivity index (χ4n) is 2.79. The number of piperidine rings is 1. The monoisotopic (exact) mass is 329 g/mol. The summed E-state index contributed by atoms with van der Waals surface area (Å²) in [5, 5.41) is 0.913. The molecule has 1 amide bonds. The zero-order valence-corrected chi connectivity index (χ0v) is 13.1. The highest BCUT2D eigenvalue weighted by molar-refractivity contribution is 6.36. The maximum atomic E-state index is 12.5. The zero-order chi connectivity index (χ0) is 14.9. The van der Waals surface area contributed by atoms with E-state index >= 15 is 0 Å². The van der Waals surface area contributed by atoms with E-state index < -0.39 is 5.79 Å². The Labute approximate surface area is 133 Å². The van der Waals surface area contributed by atoms with Crippen LogP contribution in [0.25, 0.3) is 0 Å². The van der Waals surface area contributed by atoms with Gasteiger partial charge in [0.1, 0.15) is 0 Å². The van der Waals surface area contributed by atoms with Crippen molar-refractivity contribution in [2.45, 2.75) is 25.0 Å². The van der Waals surface area contributed by atoms with Crippen LogP contribution < -0.4 is 0 Å². The standard InChI is InChI=1S/C15H17Cl2NO3/c16-11-2-3-12(13(17)10-11)14(19)18-6-4-15(5-7-18)20-8-1-9-21-15/h2-3,10H,1,4-9H2. The normalized spacial score (nSPS) is 21.5. The molecule has 0 saturated carbocycles. The van der Waals surface area contributed by atoms with Gasteiger partial charge in [-0.05, 0) is 24.6 Å². The molecule has 2 fully saturated rings. The van der Waals surface area contributed by atoms with Crippen molar-refractivity contribution in [2.75, 3.05) is 26.3 Å². The van der Waals surface area contributed by atoms with Crippen LogP contribution in [-0.4, -0.2) is 42.9 Å². The molecule has 2 saturated heterocycles. The van der Waals surface area contributed by atoms with E-state index in [0.717, 1.165) is 19.6 Å². The van der Waals surface area contributed by atoms with Gasteiger partial charge in [-0.1, -0.05) is 23.2 Å². The molecule has 2 heterocycles. The van der Waals surface area contributed by atoms with Crippen molar-refractivity contribution in [2.24, 2.45) is 0 Å². The summed E-state index contributed by atoms with van der Waals surface area (Å²) in [6.07, 6.45) is 2.33. The molecule has 0 aliphatic carbocycles. The van der Waals surface area contributed by atoms with Gasteiger partial charge in [0.2, 0.25) is 0 Å². The Morgan fingerprint density at radius 2 is 1.81 bits per heavy atom. The van der Waals surface area contributed by atoms with Crippen molar-refractivity contribution >= 4 is 29.1 Å². The van der Waals surface area contributed by atoms with Gasteiger partial charge in [-0.2, -0.15) is 0 Å². The fraction of sp³-hybridized carbons (Fsp3) is 0.533. The van der Waals surface area contributed by atoms with Crippen molar-refractivity contribution in [3.05, 3.63) is 33.8 Å². The van der Waals surface area contributed by atoms with Crippen LogP contribution in [0, 0.1) is 0 Å². The van der Waals surface area contributed by atoms with Crippen LogP contribution in [0.3, 0.4) is 0 Å². The highest BCUT2D eigenvalue weighted by atomic mass is 35.5. The van der Waals surface area contributed by atoms with Crippen molar-refractivity contribution in [1.82, 2.24) is 4.90 Å². The highest BCUT2D eigenvalue weighted by Gasteiger charge is 2.39. The number of carbonyl (C=O) groups excluding carboxylic acids is 1. The van der Waals surface area contributed by atoms with Crippen LogP contribution in [-0.2, 0) is 9.47 Å². The van der Waals surface area contributed by atoms with E-state index in [1.54, 1.807) is 23.1 Å². The molecule has 0 aromatic heterocycles. The van der Waals surface area contributed by atoms with Crippen LogP contribution >= 0.6 is 23.2 Å². The number of nitrogens with zero attached hydrogens (tertiary/aromatic N) is 1. The first kappa shape index (κ1) is 15.1. The molecule has 3 rings (SSSR count). The number of carbonyl (C=O) groups is 1. The molecule has 6 heteroatoms. The number of hydrogen-bond acceptors (Lipinski definition) is 3. The first-order valence-corrected chi connectivity index (χ1v) is 7.87. The number of likely N-dealkylation sites (tertiary alicyclic amines) is 1. The summed E-state index contributed by atoms with van der Waals surface area (Å²) in [4.78, 5) is 14.3. The first-order valence-electron chi connectivity index (χ1n) is 7.12. The highest BCUT2D eigenvalue weighted by Crippen LogP contribution is 2.32. The predicted octanol–water partition coefficient (Wildman–Crippen LogP) is 3.36. The van der Waals surface area contributed by atoms with Gasteiger partial charge >= 0.3 is 0 Å². The van der Waals surface area contributed by atoms with E-state index in [1.165, 1.54) is 0 Å². The van der Waals surface area contributed by atoms with Gasteiger partial charge < -0.3 is 14.4 Å². The third-order valence-corrected chi connectivity index (χ3v) is 4.54. The Morgan fingerprint density at radius 1 is 1.14 bits per heavy atom. The second-order valence-electron chi connectivity index (χ2n) is 5.38. The Kier molecular flexibility index (Phi) is 4.41. The van der Waals surface area contributed by atoms with Crippen molar-refractivity contribution < 1.29 is 14.3 Å². The summed E-state index contributed by atoms with van der Waals surface area (Å²) >= 11 is 12.0. The van der Waals surface area contributed by atoms with Crippen LogP contribution in [0.5, 0.6) is 0 Å². The molecule has 1 spiro atoms. The molecule has 1 aromatic rings. The van der Waals surface area contributed by atoms with Gasteiger partial charge in [0, 0.05) is 31.0 Å². The van der Waals surface area contributed by atoms with E-state index in [0.29, 0.717) is 41.5 Å². The average molecular weight is 330 g/mol. The van der Waals surface area contributed by atoms with Gasteiger partial charge in [-0.15, -0.1) is 0 Å². The van der Waals surface area contributed by atoms with Gasteiger partial charge in [-0.3, -0.25) is 4.79 Å². The quantitative estimate of drug-likeness (QED) is 0.793. The lowest BCUT2D eigenvalue weighted by Crippen LogP contribution is -2.51. The second-order valence-corrected chi connectivity index (χ2v) is 6.22. The fourth-order valence-corrected chi connectivity index (χ4v) is 3.28. The zero-order valence-electron chi connectivity index (χ0n) is 11.6. The smallest absolute Gasteiger partial charge is 0.255 e. The largest absolute Gasteiger partial charge is 0.350 e. The number of amides is 1. The summed E-state index contributed by atoms with van der Waals surface area (Å²) in [7, 11) is 0. The Morgan fingerprint density at radius 3 is 2.43 bits per heavy atom. The summed E-state index contributed by atoms with van der Waals surface area (Å²) in [6.45, 7) is 2.68. The van der Waals surface area contributed by atoms with Crippen LogP contribution in [0.2, 0.25) is 10.0 Å². The number of rotatable bonds is 1. The summed E-state index contributed by atoms with van der Waals surface area (Å²) in [5.74, 6) is -0.555. The average Bonchev–Trinajstić information content (AvgIpc) is 2.48. The van der Waals surface area contributed by atoms with Gasteiger partial charge in [-0.25, -0.2) is 0 Å². The number of ether oxygens (including phenoxy) is 2. The maximum absolute atomic E-state index is 12.5. The number of halogens is 2. The second kappa shape index (κ2) is 6.13. The SMILES string of the molecule is O=C(c1ccc(Cl)cc1Cl)N1CCC2(CC1)OCCCO2. The number of benzene rings is 1. The maximum Gasteiger partial charge on any atom is 0.255 e. The molecule has 2 aliphatic heterocycles. The van der Waals surface area contributed by atoms with Crippen molar-refractivity contribution in [3.8, 4) is 0 Å². The van der Waals surface area contributed by atoms with E-state index in [4.69, 9.17) is 32.7 Å². The van der Waals surface area contributed by atoms with Crippen LogP contribution in [0.1, 0.15) is 29.6 Å². The molecule has 114 valence electrons. The molecule has 0 radical (unpaired) electrons. The molecule has 0 unspecified atom stereocenters. The van der Waals surface area contributed by atoms with E-state index in [-0.39, 0.29) is 5.91 Å². The minimum absolute atomic E-state index is 0.0673. The molecule has 2 aliphatic rings. The topological polar surface area (TPSA) is 38.8 Å². The molecule has 0 N–H and O–H groups in total. The predicted molar refractivity (Wildman–Crippen MR) is 80.9 cm³/mol. The minimum atomic E-state index is -0.487. The number of hydrogen-bond donors (Lipinski definition) is 0. The molecule has 0 atom stereocenters. The van der Waals surface area contributed by atoms with E-state index in [2.05, 4.69) is 0 Å². The third kappa shape index (κ3) is 3.19. The van der Waals surface area contributed by atoms with Gasteiger partial charge in [0.15, 0.2) is 5.79 Å². The lowest BCUT2D eigenvalue weighted by Gasteiger charge is -2.43. The van der Waals surface area contributed by atoms with Gasteiger partial charge in [0.25, 0.3) is 5.91 Å². The summed E-state index contributed by atoms with van der Waals surface area (Å²) in [5.41, 5.74) is 0.488. The lowest BCUT2D eigenvalue weighted by molar-refractivity contribution is -0.281.